The maximum Gasteiger partial charge on any atom is 0.247 e. The number of rotatable bonds is 2. The van der Waals surface area contributed by atoms with Crippen LogP contribution >= 0.6 is 23.2 Å². The highest BCUT2D eigenvalue weighted by Crippen LogP contribution is 2.24. The second-order valence-electron chi connectivity index (χ2n) is 3.07. The van der Waals surface area contributed by atoms with Gasteiger partial charge in [0.1, 0.15) is 5.38 Å². The molecule has 15 heavy (non-hydrogen) atoms. The molecule has 0 aliphatic carbocycles. The van der Waals surface area contributed by atoms with Crippen LogP contribution in [0.4, 0.5) is 0 Å². The highest BCUT2D eigenvalue weighted by atomic mass is 35.5. The topological polar surface area (TPSA) is 38.9 Å². The standard InChI is InChI=1S/C10H8Cl2N2O/c1-6(11)9-13-14-10(15-9)7-3-2-4-8(12)5-7/h2-6H,1H3. The summed E-state index contributed by atoms with van der Waals surface area (Å²) in [6, 6.07) is 7.22. The van der Waals surface area contributed by atoms with Gasteiger partial charge in [0.05, 0.1) is 0 Å². The first-order valence-electron chi connectivity index (χ1n) is 4.40. The monoisotopic (exact) mass is 242 g/mol. The summed E-state index contributed by atoms with van der Waals surface area (Å²) in [5.41, 5.74) is 0.790. The van der Waals surface area contributed by atoms with E-state index in [1.54, 1.807) is 19.1 Å². The molecule has 78 valence electrons. The first-order valence-corrected chi connectivity index (χ1v) is 5.21. The van der Waals surface area contributed by atoms with E-state index in [2.05, 4.69) is 10.2 Å². The zero-order valence-electron chi connectivity index (χ0n) is 7.95. The van der Waals surface area contributed by atoms with Gasteiger partial charge in [-0.1, -0.05) is 17.7 Å². The normalized spacial score (nSPS) is 12.7. The Bertz CT molecular complexity index is 468. The van der Waals surface area contributed by atoms with Crippen LogP contribution in [0.15, 0.2) is 28.7 Å². The van der Waals surface area contributed by atoms with Crippen LogP contribution in [0.3, 0.4) is 0 Å². The van der Waals surface area contributed by atoms with Crippen molar-refractivity contribution in [1.29, 1.82) is 0 Å². The van der Waals surface area contributed by atoms with Crippen LogP contribution in [0, 0.1) is 0 Å². The predicted molar refractivity (Wildman–Crippen MR) is 59.0 cm³/mol. The first kappa shape index (κ1) is 10.5. The van der Waals surface area contributed by atoms with Gasteiger partial charge < -0.3 is 4.42 Å². The highest BCUT2D eigenvalue weighted by molar-refractivity contribution is 6.30. The van der Waals surface area contributed by atoms with Gasteiger partial charge in [0.2, 0.25) is 11.8 Å². The SMILES string of the molecule is CC(Cl)c1nnc(-c2cccc(Cl)c2)o1. The van der Waals surface area contributed by atoms with E-state index < -0.39 is 0 Å². The molecule has 0 spiro atoms. The van der Waals surface area contributed by atoms with Crippen molar-refractivity contribution < 1.29 is 4.42 Å². The number of hydrogen-bond donors (Lipinski definition) is 0. The van der Waals surface area contributed by atoms with Gasteiger partial charge in [-0.25, -0.2) is 0 Å². The molecule has 2 aromatic rings. The average molecular weight is 243 g/mol. The largest absolute Gasteiger partial charge is 0.419 e. The fraction of sp³-hybridized carbons (Fsp3) is 0.200. The summed E-state index contributed by atoms with van der Waals surface area (Å²) in [6.45, 7) is 1.77. The van der Waals surface area contributed by atoms with Gasteiger partial charge in [0, 0.05) is 10.6 Å². The van der Waals surface area contributed by atoms with Crippen LogP contribution in [0.2, 0.25) is 5.02 Å². The zero-order valence-corrected chi connectivity index (χ0v) is 9.46. The Hall–Kier alpha value is -1.06. The Morgan fingerprint density at radius 3 is 2.73 bits per heavy atom. The van der Waals surface area contributed by atoms with Crippen LogP contribution in [-0.2, 0) is 0 Å². The van der Waals surface area contributed by atoms with E-state index >= 15 is 0 Å². The summed E-state index contributed by atoms with van der Waals surface area (Å²) in [4.78, 5) is 0. The second kappa shape index (κ2) is 4.21. The summed E-state index contributed by atoms with van der Waals surface area (Å²) < 4.78 is 5.37. The van der Waals surface area contributed by atoms with Gasteiger partial charge in [-0.2, -0.15) is 0 Å². The van der Waals surface area contributed by atoms with Crippen molar-refractivity contribution in [2.24, 2.45) is 0 Å². The van der Waals surface area contributed by atoms with Crippen LogP contribution in [-0.4, -0.2) is 10.2 Å². The summed E-state index contributed by atoms with van der Waals surface area (Å²) in [7, 11) is 0. The van der Waals surface area contributed by atoms with E-state index in [4.69, 9.17) is 27.6 Å². The molecular weight excluding hydrogens is 235 g/mol. The number of hydrogen-bond acceptors (Lipinski definition) is 3. The van der Waals surface area contributed by atoms with E-state index in [1.807, 2.05) is 12.1 Å². The van der Waals surface area contributed by atoms with E-state index in [1.165, 1.54) is 0 Å². The molecule has 1 aromatic carbocycles. The van der Waals surface area contributed by atoms with Crippen LogP contribution < -0.4 is 0 Å². The summed E-state index contributed by atoms with van der Waals surface area (Å²) >= 11 is 11.7. The lowest BCUT2D eigenvalue weighted by Gasteiger charge is -1.95. The lowest BCUT2D eigenvalue weighted by Crippen LogP contribution is -1.81. The number of halogens is 2. The smallest absolute Gasteiger partial charge is 0.247 e. The molecular formula is C10H8Cl2N2O. The van der Waals surface area contributed by atoms with Crippen LogP contribution in [0.25, 0.3) is 11.5 Å². The van der Waals surface area contributed by atoms with Gasteiger partial charge >= 0.3 is 0 Å². The highest BCUT2D eigenvalue weighted by Gasteiger charge is 2.12. The van der Waals surface area contributed by atoms with Crippen molar-refractivity contribution in [3.05, 3.63) is 35.2 Å². The number of nitrogens with zero attached hydrogens (tertiary/aromatic N) is 2. The molecule has 0 fully saturated rings. The fourth-order valence-corrected chi connectivity index (χ4v) is 1.41. The molecule has 2 rings (SSSR count). The molecule has 3 nitrogen and oxygen atoms in total. The Morgan fingerprint density at radius 1 is 1.33 bits per heavy atom. The minimum atomic E-state index is -0.287. The Labute approximate surface area is 97.0 Å². The quantitative estimate of drug-likeness (QED) is 0.755. The van der Waals surface area contributed by atoms with Gasteiger partial charge in [-0.15, -0.1) is 21.8 Å². The minimum absolute atomic E-state index is 0.287. The summed E-state index contributed by atoms with van der Waals surface area (Å²) in [5.74, 6) is 0.839. The van der Waals surface area contributed by atoms with Gasteiger partial charge in [0.25, 0.3) is 0 Å². The van der Waals surface area contributed by atoms with Crippen molar-refractivity contribution in [3.63, 3.8) is 0 Å². The predicted octanol–water partition coefficient (Wildman–Crippen LogP) is 3.69. The molecule has 0 aliphatic heterocycles. The van der Waals surface area contributed by atoms with E-state index in [9.17, 15) is 0 Å². The third kappa shape index (κ3) is 2.30. The van der Waals surface area contributed by atoms with Crippen LogP contribution in [0.1, 0.15) is 18.2 Å². The van der Waals surface area contributed by atoms with Crippen molar-refractivity contribution >= 4 is 23.2 Å². The molecule has 1 atom stereocenters. The molecule has 0 saturated heterocycles. The summed E-state index contributed by atoms with van der Waals surface area (Å²) in [5, 5.41) is 8.06. The molecule has 0 aliphatic rings. The maximum absolute atomic E-state index is 5.85. The molecule has 5 heteroatoms. The number of alkyl halides is 1. The van der Waals surface area contributed by atoms with Gasteiger partial charge in [0.15, 0.2) is 0 Å². The Kier molecular flexibility index (Phi) is 2.93. The Balaban J connectivity index is 2.37. The van der Waals surface area contributed by atoms with E-state index in [0.29, 0.717) is 16.8 Å². The molecule has 0 saturated carbocycles. The second-order valence-corrected chi connectivity index (χ2v) is 4.16. The lowest BCUT2D eigenvalue weighted by molar-refractivity contribution is 0.507. The average Bonchev–Trinajstić information content (AvgIpc) is 2.66. The van der Waals surface area contributed by atoms with E-state index in [-0.39, 0.29) is 5.38 Å². The lowest BCUT2D eigenvalue weighted by atomic mass is 10.2. The molecule has 1 unspecified atom stereocenters. The maximum atomic E-state index is 5.85. The van der Waals surface area contributed by atoms with Gasteiger partial charge in [-0.3, -0.25) is 0 Å². The molecule has 0 N–H and O–H groups in total. The Morgan fingerprint density at radius 2 is 2.13 bits per heavy atom. The fourth-order valence-electron chi connectivity index (χ4n) is 1.13. The minimum Gasteiger partial charge on any atom is -0.419 e. The van der Waals surface area contributed by atoms with Crippen molar-refractivity contribution in [2.75, 3.05) is 0 Å². The molecule has 1 aromatic heterocycles. The van der Waals surface area contributed by atoms with Crippen molar-refractivity contribution in [1.82, 2.24) is 10.2 Å². The van der Waals surface area contributed by atoms with Crippen LogP contribution in [0.5, 0.6) is 0 Å². The molecule has 1 heterocycles. The zero-order chi connectivity index (χ0) is 10.8. The van der Waals surface area contributed by atoms with E-state index in [0.717, 1.165) is 5.56 Å². The van der Waals surface area contributed by atoms with Crippen molar-refractivity contribution in [2.45, 2.75) is 12.3 Å². The van der Waals surface area contributed by atoms with Gasteiger partial charge in [-0.05, 0) is 25.1 Å². The molecule has 0 bridgehead atoms. The number of aromatic nitrogens is 2. The first-order chi connectivity index (χ1) is 7.16. The third-order valence-electron chi connectivity index (χ3n) is 1.85. The molecule has 0 amide bonds. The number of benzene rings is 1. The van der Waals surface area contributed by atoms with Crippen molar-refractivity contribution in [3.8, 4) is 11.5 Å². The molecule has 0 radical (unpaired) electrons. The summed E-state index contributed by atoms with van der Waals surface area (Å²) in [6.07, 6.45) is 0. The third-order valence-corrected chi connectivity index (χ3v) is 2.27.